The van der Waals surface area contributed by atoms with E-state index in [0.29, 0.717) is 0 Å². The predicted molar refractivity (Wildman–Crippen MR) is 198 cm³/mol. The number of aryl methyl sites for hydroxylation is 3. The van der Waals surface area contributed by atoms with Crippen molar-refractivity contribution >= 4 is 22.8 Å². The Morgan fingerprint density at radius 2 is 1.44 bits per heavy atom. The van der Waals surface area contributed by atoms with E-state index in [2.05, 4.69) is 142 Å². The monoisotopic (exact) mass is 593 g/mol. The van der Waals surface area contributed by atoms with Gasteiger partial charge in [-0.05, 0) is 118 Å². The summed E-state index contributed by atoms with van der Waals surface area (Å²) in [4.78, 5) is 7.09. The van der Waals surface area contributed by atoms with Crippen molar-refractivity contribution < 1.29 is 0 Å². The van der Waals surface area contributed by atoms with Crippen LogP contribution >= 0.6 is 0 Å². The summed E-state index contributed by atoms with van der Waals surface area (Å²) in [6, 6.07) is 34.1. The number of anilines is 2. The Morgan fingerprint density at radius 1 is 0.822 bits per heavy atom. The van der Waals surface area contributed by atoms with Crippen LogP contribution in [0.15, 0.2) is 163 Å². The van der Waals surface area contributed by atoms with Crippen molar-refractivity contribution in [1.82, 2.24) is 0 Å². The molecule has 0 bridgehead atoms. The van der Waals surface area contributed by atoms with Crippen molar-refractivity contribution in [3.8, 4) is 0 Å². The van der Waals surface area contributed by atoms with Gasteiger partial charge in [-0.3, -0.25) is 4.99 Å². The molecule has 0 aromatic heterocycles. The first-order valence-electron chi connectivity index (χ1n) is 15.5. The predicted octanol–water partition coefficient (Wildman–Crippen LogP) is 11.0. The zero-order valence-corrected chi connectivity index (χ0v) is 27.4. The largest absolute Gasteiger partial charge is 0.405 e. The summed E-state index contributed by atoms with van der Waals surface area (Å²) in [7, 11) is 0. The second-order valence-corrected chi connectivity index (χ2v) is 10.7. The van der Waals surface area contributed by atoms with Crippen LogP contribution in [0.4, 0.5) is 17.1 Å². The van der Waals surface area contributed by atoms with Gasteiger partial charge in [-0.15, -0.1) is 0 Å². The second-order valence-electron chi connectivity index (χ2n) is 10.7. The molecule has 4 aromatic carbocycles. The van der Waals surface area contributed by atoms with Crippen LogP contribution in [-0.2, 0) is 12.8 Å². The summed E-state index contributed by atoms with van der Waals surface area (Å²) in [5, 5.41) is 0. The van der Waals surface area contributed by atoms with Crippen LogP contribution in [0.1, 0.15) is 48.6 Å². The van der Waals surface area contributed by atoms with Crippen LogP contribution < -0.4 is 10.6 Å². The lowest BCUT2D eigenvalue weighted by molar-refractivity contribution is 1.13. The van der Waals surface area contributed by atoms with E-state index in [1.807, 2.05) is 43.4 Å². The molecule has 0 spiro atoms. The van der Waals surface area contributed by atoms with Crippen LogP contribution in [0, 0.1) is 13.8 Å². The Morgan fingerprint density at radius 3 is 2.02 bits per heavy atom. The van der Waals surface area contributed by atoms with Crippen molar-refractivity contribution in [3.63, 3.8) is 0 Å². The summed E-state index contributed by atoms with van der Waals surface area (Å²) >= 11 is 0. The third-order valence-corrected chi connectivity index (χ3v) is 7.27. The molecule has 230 valence electrons. The quantitative estimate of drug-likeness (QED) is 0.139. The summed E-state index contributed by atoms with van der Waals surface area (Å²) in [6.45, 7) is 14.4. The van der Waals surface area contributed by atoms with Gasteiger partial charge in [-0.25, -0.2) is 0 Å². The summed E-state index contributed by atoms with van der Waals surface area (Å²) in [6.07, 6.45) is 17.4. The van der Waals surface area contributed by atoms with E-state index in [1.165, 1.54) is 28.5 Å². The van der Waals surface area contributed by atoms with Gasteiger partial charge in [0.25, 0.3) is 0 Å². The highest BCUT2D eigenvalue weighted by Gasteiger charge is 2.13. The minimum Gasteiger partial charge on any atom is -0.405 e. The first-order valence-corrected chi connectivity index (χ1v) is 15.5. The normalized spacial score (nSPS) is 12.0. The number of para-hydroxylation sites is 1. The lowest BCUT2D eigenvalue weighted by Crippen LogP contribution is -2.15. The molecule has 0 aliphatic rings. The minimum absolute atomic E-state index is 0.963. The average Bonchev–Trinajstić information content (AvgIpc) is 3.06. The van der Waals surface area contributed by atoms with Gasteiger partial charge in [0, 0.05) is 22.8 Å². The molecule has 0 aliphatic heterocycles. The maximum atomic E-state index is 5.20. The third-order valence-electron chi connectivity index (χ3n) is 7.27. The van der Waals surface area contributed by atoms with E-state index in [-0.39, 0.29) is 0 Å². The van der Waals surface area contributed by atoms with Crippen LogP contribution in [0.25, 0.3) is 0 Å². The Hall–Kier alpha value is -5.15. The number of allylic oxidation sites excluding steroid dienone is 7. The summed E-state index contributed by atoms with van der Waals surface area (Å²) in [5.41, 5.74) is 16.7. The number of aliphatic imine (C=N–C) groups is 1. The SMILES string of the molecule is C=C/C=C(\C=C/C)N(c1ccc(CC)cc1)c1ccc(C(C)=Nc2ccccc2C)cc1.Cc1ccc(C/C=C\C=C/N)cc1. The Kier molecular flexibility index (Phi) is 14.1. The van der Waals surface area contributed by atoms with Crippen molar-refractivity contribution in [1.29, 1.82) is 0 Å². The number of hydrogen-bond acceptors (Lipinski definition) is 3. The molecular weight excluding hydrogens is 546 g/mol. The molecule has 0 unspecified atom stereocenters. The number of nitrogens with two attached hydrogens (primary N) is 1. The highest BCUT2D eigenvalue weighted by molar-refractivity contribution is 6.00. The van der Waals surface area contributed by atoms with Crippen molar-refractivity contribution in [2.24, 2.45) is 10.7 Å². The molecule has 2 N–H and O–H groups in total. The first kappa shape index (κ1) is 34.3. The van der Waals surface area contributed by atoms with Gasteiger partial charge in [-0.1, -0.05) is 110 Å². The fourth-order valence-corrected chi connectivity index (χ4v) is 4.68. The smallest absolute Gasteiger partial charge is 0.0662 e. The Bertz CT molecular complexity index is 1630. The van der Waals surface area contributed by atoms with Crippen molar-refractivity contribution in [2.45, 2.75) is 47.5 Å². The van der Waals surface area contributed by atoms with E-state index >= 15 is 0 Å². The maximum Gasteiger partial charge on any atom is 0.0662 e. The van der Waals surface area contributed by atoms with Gasteiger partial charge in [-0.2, -0.15) is 0 Å². The van der Waals surface area contributed by atoms with Crippen molar-refractivity contribution in [2.75, 3.05) is 4.90 Å². The number of benzene rings is 4. The van der Waals surface area contributed by atoms with Gasteiger partial charge in [0.05, 0.1) is 5.69 Å². The molecule has 0 saturated carbocycles. The fraction of sp³-hybridized carbons (Fsp3) is 0.167. The number of rotatable bonds is 11. The maximum absolute atomic E-state index is 5.20. The highest BCUT2D eigenvalue weighted by Crippen LogP contribution is 2.31. The van der Waals surface area contributed by atoms with Gasteiger partial charge in [0.1, 0.15) is 0 Å². The van der Waals surface area contributed by atoms with Crippen LogP contribution in [-0.4, -0.2) is 5.71 Å². The first-order chi connectivity index (χ1) is 21.9. The molecule has 0 saturated heterocycles. The Labute approximate surface area is 271 Å². The summed E-state index contributed by atoms with van der Waals surface area (Å²) < 4.78 is 0. The van der Waals surface area contributed by atoms with E-state index in [4.69, 9.17) is 10.7 Å². The molecule has 0 heterocycles. The fourth-order valence-electron chi connectivity index (χ4n) is 4.68. The van der Waals surface area contributed by atoms with Crippen LogP contribution in [0.5, 0.6) is 0 Å². The molecule has 4 rings (SSSR count). The molecule has 0 amide bonds. The molecule has 0 fully saturated rings. The lowest BCUT2D eigenvalue weighted by atomic mass is 10.1. The van der Waals surface area contributed by atoms with Crippen molar-refractivity contribution in [3.05, 3.63) is 186 Å². The van der Waals surface area contributed by atoms with E-state index in [0.717, 1.165) is 46.9 Å². The van der Waals surface area contributed by atoms with Gasteiger partial charge >= 0.3 is 0 Å². The lowest BCUT2D eigenvalue weighted by Gasteiger charge is -2.26. The van der Waals surface area contributed by atoms with E-state index in [1.54, 1.807) is 0 Å². The van der Waals surface area contributed by atoms with E-state index < -0.39 is 0 Å². The number of nitrogens with zero attached hydrogens (tertiary/aromatic N) is 2. The zero-order chi connectivity index (χ0) is 32.4. The summed E-state index contributed by atoms with van der Waals surface area (Å²) in [5.74, 6) is 0. The molecule has 3 heteroatoms. The van der Waals surface area contributed by atoms with Crippen LogP contribution in [0.3, 0.4) is 0 Å². The van der Waals surface area contributed by atoms with Gasteiger partial charge in [0.15, 0.2) is 0 Å². The topological polar surface area (TPSA) is 41.6 Å². The standard InChI is InChI=1S/C30H32N2.C12H15N/c1-6-11-27(12-7-2)32(28-19-15-25(8-3)16-20-28)29-21-17-26(18-22-29)24(5)31-30-14-10-9-13-23(30)4;1-11-6-8-12(9-7-11)5-3-2-4-10-13/h6-7,9-22H,1,8H2,2-5H3;2-4,6-10H,5,13H2,1H3/b12-7-,27-11+,31-24?;3-2-,10-4-. The number of hydrogen-bond donors (Lipinski definition) is 1. The zero-order valence-electron chi connectivity index (χ0n) is 27.4. The molecule has 0 atom stereocenters. The molecule has 45 heavy (non-hydrogen) atoms. The van der Waals surface area contributed by atoms with Crippen LogP contribution in [0.2, 0.25) is 0 Å². The molecule has 0 aliphatic carbocycles. The Balaban J connectivity index is 0.000000355. The second kappa shape index (κ2) is 18.5. The van der Waals surface area contributed by atoms with Gasteiger partial charge < -0.3 is 10.6 Å². The average molecular weight is 594 g/mol. The minimum atomic E-state index is 0.963. The molecule has 0 radical (unpaired) electrons. The highest BCUT2D eigenvalue weighted by atomic mass is 15.1. The van der Waals surface area contributed by atoms with E-state index in [9.17, 15) is 0 Å². The third kappa shape index (κ3) is 10.8. The molecule has 4 aromatic rings. The molecular formula is C42H47N3. The molecule has 3 nitrogen and oxygen atoms in total. The van der Waals surface area contributed by atoms with Gasteiger partial charge in [0.2, 0.25) is 0 Å².